The van der Waals surface area contributed by atoms with Gasteiger partial charge in [-0.1, -0.05) is 19.8 Å². The first-order valence-electron chi connectivity index (χ1n) is 9.16. The van der Waals surface area contributed by atoms with E-state index in [9.17, 15) is 4.79 Å². The minimum absolute atomic E-state index is 0.0443. The number of aromatic nitrogens is 4. The maximum Gasteiger partial charge on any atom is 0.235 e. The van der Waals surface area contributed by atoms with E-state index in [0.717, 1.165) is 43.0 Å². The monoisotopic (exact) mass is 327 g/mol. The molecule has 0 bridgehead atoms. The maximum absolute atomic E-state index is 12.8. The third kappa shape index (κ3) is 2.64. The van der Waals surface area contributed by atoms with Crippen molar-refractivity contribution in [1.82, 2.24) is 19.3 Å². The molecule has 4 rings (SSSR count). The Labute approximate surface area is 142 Å². The Morgan fingerprint density at radius 1 is 1.29 bits per heavy atom. The van der Waals surface area contributed by atoms with Gasteiger partial charge in [0.1, 0.15) is 5.82 Å². The number of nitrogens with one attached hydrogen (secondary N) is 1. The summed E-state index contributed by atoms with van der Waals surface area (Å²) >= 11 is 0. The molecule has 0 saturated heterocycles. The summed E-state index contributed by atoms with van der Waals surface area (Å²) in [6.45, 7) is 3.09. The van der Waals surface area contributed by atoms with Gasteiger partial charge in [0.15, 0.2) is 0 Å². The maximum atomic E-state index is 12.8. The van der Waals surface area contributed by atoms with Crippen molar-refractivity contribution in [3.8, 4) is 0 Å². The largest absolute Gasteiger partial charge is 0.334 e. The van der Waals surface area contributed by atoms with E-state index in [4.69, 9.17) is 0 Å². The molecule has 3 heterocycles. The minimum Gasteiger partial charge on any atom is -0.334 e. The Balaban J connectivity index is 1.54. The van der Waals surface area contributed by atoms with E-state index in [1.165, 1.54) is 25.7 Å². The van der Waals surface area contributed by atoms with Crippen LogP contribution in [0, 0.1) is 0 Å². The number of carbonyl (C=O) groups is 1. The van der Waals surface area contributed by atoms with E-state index in [1.807, 2.05) is 12.4 Å². The van der Waals surface area contributed by atoms with Crippen LogP contribution >= 0.6 is 0 Å². The first kappa shape index (κ1) is 15.4. The smallest absolute Gasteiger partial charge is 0.235 e. The zero-order valence-electron chi connectivity index (χ0n) is 14.2. The fraction of sp³-hybridized carbons (Fsp3) is 0.611. The van der Waals surface area contributed by atoms with Crippen LogP contribution in [0.25, 0.3) is 0 Å². The number of fused-ring (bicyclic) bond motifs is 1. The summed E-state index contributed by atoms with van der Waals surface area (Å²) in [5.41, 5.74) is 2.02. The van der Waals surface area contributed by atoms with Crippen molar-refractivity contribution in [1.29, 1.82) is 0 Å². The highest BCUT2D eigenvalue weighted by atomic mass is 16.2. The van der Waals surface area contributed by atoms with Crippen molar-refractivity contribution in [2.45, 2.75) is 70.4 Å². The molecule has 6 nitrogen and oxygen atoms in total. The summed E-state index contributed by atoms with van der Waals surface area (Å²) in [6, 6.07) is 0.499. The van der Waals surface area contributed by atoms with Crippen molar-refractivity contribution in [3.05, 3.63) is 30.1 Å². The standard InChI is InChI=1S/C18H25N5O/c1-2-16-15(12-20-23(16)13-6-3-4-7-13)21-18(24)14-8-5-10-22-11-9-19-17(14)22/h9,11-14H,2-8,10H2,1H3,(H,21,24). The molecule has 1 atom stereocenters. The van der Waals surface area contributed by atoms with Gasteiger partial charge >= 0.3 is 0 Å². The van der Waals surface area contributed by atoms with Gasteiger partial charge in [-0.25, -0.2) is 4.98 Å². The molecule has 1 amide bonds. The first-order valence-corrected chi connectivity index (χ1v) is 9.16. The number of amides is 1. The van der Waals surface area contributed by atoms with Crippen molar-refractivity contribution >= 4 is 11.6 Å². The van der Waals surface area contributed by atoms with Gasteiger partial charge in [0.05, 0.1) is 29.5 Å². The molecule has 1 aliphatic heterocycles. The van der Waals surface area contributed by atoms with E-state index in [0.29, 0.717) is 6.04 Å². The van der Waals surface area contributed by atoms with Crippen LogP contribution in [0.1, 0.15) is 68.9 Å². The number of aryl methyl sites for hydroxylation is 1. The van der Waals surface area contributed by atoms with Gasteiger partial charge in [0, 0.05) is 18.9 Å². The quantitative estimate of drug-likeness (QED) is 0.937. The second-order valence-electron chi connectivity index (χ2n) is 6.90. The topological polar surface area (TPSA) is 64.7 Å². The van der Waals surface area contributed by atoms with Crippen LogP contribution in [-0.4, -0.2) is 25.2 Å². The van der Waals surface area contributed by atoms with Crippen LogP contribution in [0.2, 0.25) is 0 Å². The summed E-state index contributed by atoms with van der Waals surface area (Å²) < 4.78 is 4.24. The van der Waals surface area contributed by atoms with E-state index in [-0.39, 0.29) is 11.8 Å². The van der Waals surface area contributed by atoms with Crippen molar-refractivity contribution < 1.29 is 4.79 Å². The number of hydrogen-bond donors (Lipinski definition) is 1. The average Bonchev–Trinajstić information content (AvgIpc) is 3.33. The van der Waals surface area contributed by atoms with E-state index in [2.05, 4.69) is 31.6 Å². The second kappa shape index (κ2) is 6.42. The van der Waals surface area contributed by atoms with E-state index in [1.54, 1.807) is 6.20 Å². The zero-order valence-corrected chi connectivity index (χ0v) is 14.2. The third-order valence-electron chi connectivity index (χ3n) is 5.43. The average molecular weight is 327 g/mol. The molecule has 1 aliphatic carbocycles. The molecule has 6 heteroatoms. The fourth-order valence-electron chi connectivity index (χ4n) is 4.19. The van der Waals surface area contributed by atoms with Gasteiger partial charge < -0.3 is 9.88 Å². The number of anilines is 1. The molecular formula is C18H25N5O. The molecule has 2 aromatic rings. The van der Waals surface area contributed by atoms with Crippen LogP contribution in [0.4, 0.5) is 5.69 Å². The number of rotatable bonds is 4. The first-order chi connectivity index (χ1) is 11.8. The lowest BCUT2D eigenvalue weighted by molar-refractivity contribution is -0.118. The Morgan fingerprint density at radius 2 is 2.12 bits per heavy atom. The molecular weight excluding hydrogens is 302 g/mol. The lowest BCUT2D eigenvalue weighted by Gasteiger charge is -2.22. The number of hydrogen-bond acceptors (Lipinski definition) is 3. The molecule has 0 spiro atoms. The van der Waals surface area contributed by atoms with Crippen LogP contribution in [0.3, 0.4) is 0 Å². The third-order valence-corrected chi connectivity index (χ3v) is 5.43. The Kier molecular flexibility index (Phi) is 4.12. The van der Waals surface area contributed by atoms with Crippen molar-refractivity contribution in [2.24, 2.45) is 0 Å². The minimum atomic E-state index is -0.159. The van der Waals surface area contributed by atoms with E-state index >= 15 is 0 Å². The van der Waals surface area contributed by atoms with Crippen LogP contribution < -0.4 is 5.32 Å². The highest BCUT2D eigenvalue weighted by molar-refractivity contribution is 5.95. The molecule has 24 heavy (non-hydrogen) atoms. The van der Waals surface area contributed by atoms with Gasteiger partial charge in [-0.3, -0.25) is 9.48 Å². The van der Waals surface area contributed by atoms with Gasteiger partial charge in [-0.05, 0) is 32.1 Å². The van der Waals surface area contributed by atoms with Gasteiger partial charge in [0.2, 0.25) is 5.91 Å². The van der Waals surface area contributed by atoms with Gasteiger partial charge in [-0.15, -0.1) is 0 Å². The van der Waals surface area contributed by atoms with Crippen molar-refractivity contribution in [3.63, 3.8) is 0 Å². The number of nitrogens with zero attached hydrogens (tertiary/aromatic N) is 4. The Bertz CT molecular complexity index is 726. The summed E-state index contributed by atoms with van der Waals surface area (Å²) in [5.74, 6) is 0.774. The van der Waals surface area contributed by atoms with Gasteiger partial charge in [-0.2, -0.15) is 5.10 Å². The number of imidazole rings is 1. The predicted octanol–water partition coefficient (Wildman–Crippen LogP) is 3.27. The number of carbonyl (C=O) groups excluding carboxylic acids is 1. The zero-order chi connectivity index (χ0) is 16.5. The lowest BCUT2D eigenvalue weighted by atomic mass is 9.98. The molecule has 1 saturated carbocycles. The molecule has 1 fully saturated rings. The molecule has 0 radical (unpaired) electrons. The summed E-state index contributed by atoms with van der Waals surface area (Å²) in [6.07, 6.45) is 13.3. The molecule has 128 valence electrons. The predicted molar refractivity (Wildman–Crippen MR) is 91.9 cm³/mol. The summed E-state index contributed by atoms with van der Waals surface area (Å²) in [7, 11) is 0. The SMILES string of the molecule is CCc1c(NC(=O)C2CCCn3ccnc32)cnn1C1CCCC1. The molecule has 2 aromatic heterocycles. The molecule has 1 N–H and O–H groups in total. The van der Waals surface area contributed by atoms with Crippen LogP contribution in [0.5, 0.6) is 0 Å². The highest BCUT2D eigenvalue weighted by Crippen LogP contribution is 2.33. The van der Waals surface area contributed by atoms with Crippen LogP contribution in [-0.2, 0) is 17.8 Å². The van der Waals surface area contributed by atoms with Crippen LogP contribution in [0.15, 0.2) is 18.6 Å². The summed E-state index contributed by atoms with van der Waals surface area (Å²) in [5, 5.41) is 7.71. The van der Waals surface area contributed by atoms with E-state index < -0.39 is 0 Å². The van der Waals surface area contributed by atoms with Gasteiger partial charge in [0.25, 0.3) is 0 Å². The Hall–Kier alpha value is -2.11. The second-order valence-corrected chi connectivity index (χ2v) is 6.90. The molecule has 1 unspecified atom stereocenters. The normalized spacial score (nSPS) is 21.0. The summed E-state index contributed by atoms with van der Waals surface area (Å²) in [4.78, 5) is 17.2. The lowest BCUT2D eigenvalue weighted by Crippen LogP contribution is -2.27. The fourth-order valence-corrected chi connectivity index (χ4v) is 4.19. The molecule has 2 aliphatic rings. The van der Waals surface area contributed by atoms with Crippen molar-refractivity contribution in [2.75, 3.05) is 5.32 Å². The molecule has 0 aromatic carbocycles. The highest BCUT2D eigenvalue weighted by Gasteiger charge is 2.29. The Morgan fingerprint density at radius 3 is 2.92 bits per heavy atom.